The van der Waals surface area contributed by atoms with Gasteiger partial charge in [0, 0.05) is 0 Å². The van der Waals surface area contributed by atoms with Crippen LogP contribution in [0.1, 0.15) is 55.6 Å². The third-order valence-corrected chi connectivity index (χ3v) is 3.66. The van der Waals surface area contributed by atoms with Crippen LogP contribution in [-0.4, -0.2) is 17.2 Å². The lowest BCUT2D eigenvalue weighted by Gasteiger charge is -2.24. The van der Waals surface area contributed by atoms with Crippen molar-refractivity contribution in [3.63, 3.8) is 0 Å². The number of allylic oxidation sites excluding steroid dienone is 1. The third-order valence-electron chi connectivity index (χ3n) is 3.66. The summed E-state index contributed by atoms with van der Waals surface area (Å²) in [6.45, 7) is 4.16. The number of aromatic nitrogens is 2. The van der Waals surface area contributed by atoms with Gasteiger partial charge in [0.2, 0.25) is 0 Å². The number of hydrogen-bond donors (Lipinski definition) is 1. The Morgan fingerprint density at radius 1 is 1.33 bits per heavy atom. The fourth-order valence-corrected chi connectivity index (χ4v) is 2.72. The minimum Gasteiger partial charge on any atom is -0.310 e. The highest BCUT2D eigenvalue weighted by Gasteiger charge is 2.20. The second-order valence-corrected chi connectivity index (χ2v) is 4.99. The molecule has 18 heavy (non-hydrogen) atoms. The maximum absolute atomic E-state index is 4.34. The first-order chi connectivity index (χ1) is 8.76. The van der Waals surface area contributed by atoms with Crippen molar-refractivity contribution < 1.29 is 0 Å². The Morgan fingerprint density at radius 3 is 2.78 bits per heavy atom. The molecule has 1 unspecified atom stereocenters. The zero-order valence-corrected chi connectivity index (χ0v) is 11.7. The summed E-state index contributed by atoms with van der Waals surface area (Å²) in [5, 5.41) is 12.0. The Bertz CT molecular complexity index is 437. The van der Waals surface area contributed by atoms with E-state index in [0.717, 1.165) is 17.8 Å². The van der Waals surface area contributed by atoms with E-state index in [2.05, 4.69) is 34.6 Å². The van der Waals surface area contributed by atoms with Crippen molar-refractivity contribution in [3.05, 3.63) is 34.7 Å². The molecule has 1 N–H and O–H groups in total. The molecule has 0 radical (unpaired) electrons. The van der Waals surface area contributed by atoms with Crippen LogP contribution in [0.4, 0.5) is 0 Å². The lowest BCUT2D eigenvalue weighted by molar-refractivity contribution is 0.584. The monoisotopic (exact) mass is 245 g/mol. The Hall–Kier alpha value is -1.22. The first-order valence-corrected chi connectivity index (χ1v) is 6.95. The molecule has 1 aliphatic carbocycles. The lowest BCUT2D eigenvalue weighted by Crippen LogP contribution is -2.22. The highest BCUT2D eigenvalue weighted by atomic mass is 15.1. The molecule has 0 saturated carbocycles. The summed E-state index contributed by atoms with van der Waals surface area (Å²) < 4.78 is 0. The summed E-state index contributed by atoms with van der Waals surface area (Å²) in [7, 11) is 2.04. The summed E-state index contributed by atoms with van der Waals surface area (Å²) in [4.78, 5) is 0. The molecule has 0 aromatic carbocycles. The van der Waals surface area contributed by atoms with E-state index in [1.54, 1.807) is 0 Å². The van der Waals surface area contributed by atoms with Crippen molar-refractivity contribution in [2.75, 3.05) is 7.05 Å². The normalized spacial score (nSPS) is 17.4. The smallest absolute Gasteiger partial charge is 0.0679 e. The molecule has 0 fully saturated rings. The molecule has 0 saturated heterocycles. The summed E-state index contributed by atoms with van der Waals surface area (Å²) in [6, 6.07) is 2.50. The molecule has 1 aromatic heterocycles. The Kier molecular flexibility index (Phi) is 4.48. The molecule has 2 rings (SSSR count). The quantitative estimate of drug-likeness (QED) is 0.828. The number of likely N-dealkylation sites (N-methyl/N-ethyl adjacent to an activating group) is 1. The van der Waals surface area contributed by atoms with Gasteiger partial charge in [0.25, 0.3) is 0 Å². The van der Waals surface area contributed by atoms with E-state index in [4.69, 9.17) is 0 Å². The van der Waals surface area contributed by atoms with E-state index in [9.17, 15) is 0 Å². The molecule has 3 heteroatoms. The van der Waals surface area contributed by atoms with Crippen LogP contribution in [0.15, 0.2) is 17.7 Å². The molecule has 0 spiro atoms. The van der Waals surface area contributed by atoms with E-state index < -0.39 is 0 Å². The average Bonchev–Trinajstić information content (AvgIpc) is 2.41. The summed E-state index contributed by atoms with van der Waals surface area (Å²) in [6.07, 6.45) is 8.40. The number of nitrogens with one attached hydrogen (secondary N) is 1. The van der Waals surface area contributed by atoms with Gasteiger partial charge in [-0.2, -0.15) is 10.2 Å². The predicted molar refractivity (Wildman–Crippen MR) is 74.5 cm³/mol. The van der Waals surface area contributed by atoms with Gasteiger partial charge in [-0.3, -0.25) is 0 Å². The molecule has 1 aromatic rings. The van der Waals surface area contributed by atoms with E-state index in [0.29, 0.717) is 6.04 Å². The molecular weight excluding hydrogens is 222 g/mol. The highest BCUT2D eigenvalue weighted by molar-refractivity contribution is 5.32. The van der Waals surface area contributed by atoms with Crippen molar-refractivity contribution >= 4 is 0 Å². The zero-order chi connectivity index (χ0) is 13.0. The molecule has 0 amide bonds. The second-order valence-electron chi connectivity index (χ2n) is 4.99. The molecule has 1 heterocycles. The van der Waals surface area contributed by atoms with Crippen LogP contribution < -0.4 is 5.32 Å². The van der Waals surface area contributed by atoms with Gasteiger partial charge < -0.3 is 5.32 Å². The molecule has 0 bridgehead atoms. The van der Waals surface area contributed by atoms with Crippen molar-refractivity contribution in [2.45, 2.75) is 52.0 Å². The predicted octanol–water partition coefficient (Wildman–Crippen LogP) is 3.11. The van der Waals surface area contributed by atoms with Crippen LogP contribution in [0, 0.1) is 6.92 Å². The Labute approximate surface area is 110 Å². The third kappa shape index (κ3) is 2.78. The van der Waals surface area contributed by atoms with Crippen LogP contribution >= 0.6 is 0 Å². The van der Waals surface area contributed by atoms with Gasteiger partial charge in [-0.15, -0.1) is 0 Å². The molecule has 3 nitrogen and oxygen atoms in total. The number of hydrogen-bond acceptors (Lipinski definition) is 3. The fourth-order valence-electron chi connectivity index (χ4n) is 2.72. The molecule has 1 atom stereocenters. The average molecular weight is 245 g/mol. The van der Waals surface area contributed by atoms with Crippen LogP contribution in [0.3, 0.4) is 0 Å². The van der Waals surface area contributed by atoms with Gasteiger partial charge in [0.15, 0.2) is 0 Å². The first kappa shape index (κ1) is 13.2. The minimum atomic E-state index is 0.314. The largest absolute Gasteiger partial charge is 0.310 e. The lowest BCUT2D eigenvalue weighted by atomic mass is 9.89. The SMILES string of the molecule is CCc1nnc(C)cc1C(NC)C1=CCCCC1. The van der Waals surface area contributed by atoms with E-state index in [1.165, 1.54) is 36.8 Å². The van der Waals surface area contributed by atoms with Crippen LogP contribution in [0.25, 0.3) is 0 Å². The highest BCUT2D eigenvalue weighted by Crippen LogP contribution is 2.31. The molecule has 0 aliphatic heterocycles. The van der Waals surface area contributed by atoms with Gasteiger partial charge in [-0.25, -0.2) is 0 Å². The maximum Gasteiger partial charge on any atom is 0.0679 e. The molecule has 1 aliphatic rings. The molecule has 98 valence electrons. The van der Waals surface area contributed by atoms with Crippen LogP contribution in [0.2, 0.25) is 0 Å². The minimum absolute atomic E-state index is 0.314. The van der Waals surface area contributed by atoms with Crippen molar-refractivity contribution in [1.82, 2.24) is 15.5 Å². The Balaban J connectivity index is 2.37. The maximum atomic E-state index is 4.34. The van der Waals surface area contributed by atoms with Crippen molar-refractivity contribution in [2.24, 2.45) is 0 Å². The van der Waals surface area contributed by atoms with Gasteiger partial charge in [-0.05, 0) is 57.7 Å². The molecular formula is C15H23N3. The Morgan fingerprint density at radius 2 is 2.17 bits per heavy atom. The van der Waals surface area contributed by atoms with Crippen molar-refractivity contribution in [3.8, 4) is 0 Å². The van der Waals surface area contributed by atoms with Gasteiger partial charge in [0.05, 0.1) is 17.4 Å². The van der Waals surface area contributed by atoms with Gasteiger partial charge >= 0.3 is 0 Å². The van der Waals surface area contributed by atoms with E-state index in [-0.39, 0.29) is 0 Å². The summed E-state index contributed by atoms with van der Waals surface area (Å²) in [5.74, 6) is 0. The summed E-state index contributed by atoms with van der Waals surface area (Å²) >= 11 is 0. The zero-order valence-electron chi connectivity index (χ0n) is 11.7. The van der Waals surface area contributed by atoms with Gasteiger partial charge in [-0.1, -0.05) is 18.6 Å². The first-order valence-electron chi connectivity index (χ1n) is 6.95. The van der Waals surface area contributed by atoms with E-state index >= 15 is 0 Å². The second kappa shape index (κ2) is 6.10. The van der Waals surface area contributed by atoms with E-state index in [1.807, 2.05) is 14.0 Å². The van der Waals surface area contributed by atoms with Gasteiger partial charge in [0.1, 0.15) is 0 Å². The fraction of sp³-hybridized carbons (Fsp3) is 0.600. The number of nitrogens with zero attached hydrogens (tertiary/aromatic N) is 2. The number of rotatable bonds is 4. The van der Waals surface area contributed by atoms with Crippen LogP contribution in [-0.2, 0) is 6.42 Å². The summed E-state index contributed by atoms with van der Waals surface area (Å²) in [5.41, 5.74) is 4.94. The standard InChI is InChI=1S/C15H23N3/c1-4-14-13(10-11(2)17-18-14)15(16-3)12-8-6-5-7-9-12/h8,10,15-16H,4-7,9H2,1-3H3. The van der Waals surface area contributed by atoms with Crippen LogP contribution in [0.5, 0.6) is 0 Å². The number of aryl methyl sites for hydroxylation is 2. The topological polar surface area (TPSA) is 37.8 Å². The van der Waals surface area contributed by atoms with Crippen molar-refractivity contribution in [1.29, 1.82) is 0 Å².